The molecule has 2 N–H and O–H groups in total. The minimum absolute atomic E-state index is 0.201. The lowest BCUT2D eigenvalue weighted by molar-refractivity contribution is -0.163. The van der Waals surface area contributed by atoms with Gasteiger partial charge in [0.15, 0.2) is 11.6 Å². The molecule has 100 valence electrons. The van der Waals surface area contributed by atoms with Gasteiger partial charge in [0.25, 0.3) is 0 Å². The van der Waals surface area contributed by atoms with E-state index >= 15 is 0 Å². The van der Waals surface area contributed by atoms with Gasteiger partial charge in [-0.1, -0.05) is 0 Å². The van der Waals surface area contributed by atoms with Crippen LogP contribution in [0.25, 0.3) is 0 Å². The number of carboxylic acid groups (broad SMARTS) is 1. The van der Waals surface area contributed by atoms with Crippen LogP contribution in [0.3, 0.4) is 0 Å². The average Bonchev–Trinajstić information content (AvgIpc) is 2.18. The van der Waals surface area contributed by atoms with Crippen molar-refractivity contribution in [3.8, 4) is 5.75 Å². The predicted molar refractivity (Wildman–Crippen MR) is 49.1 cm³/mol. The van der Waals surface area contributed by atoms with Crippen molar-refractivity contribution in [2.45, 2.75) is 18.5 Å². The van der Waals surface area contributed by atoms with E-state index in [1.165, 1.54) is 0 Å². The molecule has 0 radical (unpaired) electrons. The van der Waals surface area contributed by atoms with E-state index in [-0.39, 0.29) is 12.1 Å². The van der Waals surface area contributed by atoms with Gasteiger partial charge in [0.2, 0.25) is 0 Å². The quantitative estimate of drug-likeness (QED) is 0.830. The number of phenols is 1. The first-order valence-corrected chi connectivity index (χ1v) is 4.59. The van der Waals surface area contributed by atoms with Gasteiger partial charge in [-0.05, 0) is 6.07 Å². The van der Waals surface area contributed by atoms with Crippen molar-refractivity contribution < 1.29 is 37.0 Å². The maximum atomic E-state index is 12.9. The Morgan fingerprint density at radius 1 is 1.28 bits per heavy atom. The summed E-state index contributed by atoms with van der Waals surface area (Å²) in [6.07, 6.45) is -6.48. The number of carbonyl (C=O) groups is 1. The molecule has 1 atom stereocenters. The largest absolute Gasteiger partial charge is 0.505 e. The number of aromatic hydroxyl groups is 1. The normalized spacial score (nSPS) is 13.4. The maximum absolute atomic E-state index is 12.9. The summed E-state index contributed by atoms with van der Waals surface area (Å²) < 4.78 is 63.5. The Hall–Kier alpha value is -1.86. The summed E-state index contributed by atoms with van der Waals surface area (Å²) in [5.41, 5.74) is -1.14. The molecule has 0 aliphatic carbocycles. The highest BCUT2D eigenvalue weighted by atomic mass is 19.4. The molecular formula is C10H7F5O3. The monoisotopic (exact) mass is 270 g/mol. The summed E-state index contributed by atoms with van der Waals surface area (Å²) >= 11 is 0. The van der Waals surface area contributed by atoms with Crippen LogP contribution in [0, 0.1) is 11.6 Å². The molecule has 1 aromatic rings. The van der Waals surface area contributed by atoms with Crippen molar-refractivity contribution >= 4 is 5.97 Å². The van der Waals surface area contributed by atoms with Crippen molar-refractivity contribution in [1.82, 2.24) is 0 Å². The van der Waals surface area contributed by atoms with E-state index in [9.17, 15) is 26.7 Å². The van der Waals surface area contributed by atoms with Gasteiger partial charge in [0.1, 0.15) is 5.82 Å². The molecule has 3 nitrogen and oxygen atoms in total. The van der Waals surface area contributed by atoms with Crippen LogP contribution < -0.4 is 0 Å². The van der Waals surface area contributed by atoms with Crippen LogP contribution >= 0.6 is 0 Å². The Morgan fingerprint density at radius 3 is 2.28 bits per heavy atom. The highest BCUT2D eigenvalue weighted by molar-refractivity contribution is 5.68. The second-order valence-electron chi connectivity index (χ2n) is 3.52. The van der Waals surface area contributed by atoms with E-state index in [0.29, 0.717) is 0 Å². The lowest BCUT2D eigenvalue weighted by Gasteiger charge is -2.20. The predicted octanol–water partition coefficient (Wildman–Crippen LogP) is 2.79. The van der Waals surface area contributed by atoms with Crippen LogP contribution in [-0.2, 0) is 4.79 Å². The van der Waals surface area contributed by atoms with Crippen LogP contribution in [0.1, 0.15) is 17.9 Å². The zero-order valence-corrected chi connectivity index (χ0v) is 8.63. The molecule has 8 heteroatoms. The molecule has 0 aromatic heterocycles. The number of rotatable bonds is 3. The van der Waals surface area contributed by atoms with E-state index in [0.717, 1.165) is 0 Å². The molecule has 18 heavy (non-hydrogen) atoms. The van der Waals surface area contributed by atoms with Gasteiger partial charge >= 0.3 is 12.1 Å². The summed E-state index contributed by atoms with van der Waals surface area (Å²) in [5, 5.41) is 17.5. The topological polar surface area (TPSA) is 57.5 Å². The lowest BCUT2D eigenvalue weighted by Crippen LogP contribution is -2.24. The van der Waals surface area contributed by atoms with Gasteiger partial charge in [-0.15, -0.1) is 0 Å². The van der Waals surface area contributed by atoms with Crippen LogP contribution in [0.5, 0.6) is 5.75 Å². The standard InChI is InChI=1S/C10H7F5O3/c11-4-1-5(9(18)7(12)2-4)6(3-8(16)17)10(13,14)15/h1-2,6,18H,3H2,(H,16,17). The van der Waals surface area contributed by atoms with Crippen molar-refractivity contribution in [2.24, 2.45) is 0 Å². The Labute approximate surface area is 97.5 Å². The van der Waals surface area contributed by atoms with E-state index in [2.05, 4.69) is 0 Å². The summed E-state index contributed by atoms with van der Waals surface area (Å²) in [6, 6.07) is 0.465. The third-order valence-corrected chi connectivity index (χ3v) is 2.21. The van der Waals surface area contributed by atoms with Crippen molar-refractivity contribution in [3.63, 3.8) is 0 Å². The Morgan fingerprint density at radius 2 is 1.83 bits per heavy atom. The number of hydrogen-bond acceptors (Lipinski definition) is 2. The zero-order valence-electron chi connectivity index (χ0n) is 8.63. The fourth-order valence-electron chi connectivity index (χ4n) is 1.43. The minimum Gasteiger partial charge on any atom is -0.505 e. The second-order valence-corrected chi connectivity index (χ2v) is 3.52. The van der Waals surface area contributed by atoms with Gasteiger partial charge in [0.05, 0.1) is 12.3 Å². The molecule has 1 rings (SSSR count). The zero-order chi connectivity index (χ0) is 14.1. The molecule has 0 heterocycles. The van der Waals surface area contributed by atoms with E-state index in [1.54, 1.807) is 0 Å². The molecule has 0 aliphatic heterocycles. The summed E-state index contributed by atoms with van der Waals surface area (Å²) in [6.45, 7) is 0. The van der Waals surface area contributed by atoms with Crippen LogP contribution in [0.4, 0.5) is 22.0 Å². The van der Waals surface area contributed by atoms with Gasteiger partial charge in [-0.2, -0.15) is 13.2 Å². The van der Waals surface area contributed by atoms with Gasteiger partial charge in [0, 0.05) is 11.6 Å². The van der Waals surface area contributed by atoms with Crippen LogP contribution in [0.2, 0.25) is 0 Å². The Balaban J connectivity index is 3.33. The van der Waals surface area contributed by atoms with Crippen molar-refractivity contribution in [3.05, 3.63) is 29.3 Å². The first-order chi connectivity index (χ1) is 8.12. The van der Waals surface area contributed by atoms with E-state index in [4.69, 9.17) is 10.2 Å². The number of phenolic OH excluding ortho intramolecular Hbond substituents is 1. The first kappa shape index (κ1) is 14.2. The van der Waals surface area contributed by atoms with Crippen molar-refractivity contribution in [1.29, 1.82) is 0 Å². The Bertz CT molecular complexity index is 469. The molecule has 0 saturated heterocycles. The Kier molecular flexibility index (Phi) is 3.78. The third kappa shape index (κ3) is 3.08. The van der Waals surface area contributed by atoms with E-state index in [1.807, 2.05) is 0 Å². The number of carboxylic acids is 1. The average molecular weight is 270 g/mol. The summed E-state index contributed by atoms with van der Waals surface area (Å²) in [5.74, 6) is -8.80. The molecule has 0 spiro atoms. The summed E-state index contributed by atoms with van der Waals surface area (Å²) in [7, 11) is 0. The van der Waals surface area contributed by atoms with Crippen molar-refractivity contribution in [2.75, 3.05) is 0 Å². The fourth-order valence-corrected chi connectivity index (χ4v) is 1.43. The first-order valence-electron chi connectivity index (χ1n) is 4.59. The number of halogens is 5. The van der Waals surface area contributed by atoms with Gasteiger partial charge < -0.3 is 10.2 Å². The highest BCUT2D eigenvalue weighted by Gasteiger charge is 2.44. The molecule has 1 unspecified atom stereocenters. The maximum Gasteiger partial charge on any atom is 0.396 e. The second kappa shape index (κ2) is 4.79. The van der Waals surface area contributed by atoms with Gasteiger partial charge in [-0.25, -0.2) is 8.78 Å². The molecule has 0 saturated carbocycles. The summed E-state index contributed by atoms with van der Waals surface area (Å²) in [4.78, 5) is 10.3. The SMILES string of the molecule is O=C(O)CC(c1cc(F)cc(F)c1O)C(F)(F)F. The number of aliphatic carboxylic acids is 1. The molecule has 0 bridgehead atoms. The minimum atomic E-state index is -5.05. The molecule has 0 amide bonds. The van der Waals surface area contributed by atoms with Gasteiger partial charge in [-0.3, -0.25) is 4.79 Å². The van der Waals surface area contributed by atoms with Crippen LogP contribution in [-0.4, -0.2) is 22.4 Å². The number of hydrogen-bond donors (Lipinski definition) is 2. The molecule has 0 fully saturated rings. The van der Waals surface area contributed by atoms with Crippen LogP contribution in [0.15, 0.2) is 12.1 Å². The molecule has 0 aliphatic rings. The number of alkyl halides is 3. The van der Waals surface area contributed by atoms with E-state index < -0.39 is 47.4 Å². The highest BCUT2D eigenvalue weighted by Crippen LogP contribution is 2.42. The molecule has 1 aromatic carbocycles. The molecular weight excluding hydrogens is 263 g/mol. The lowest BCUT2D eigenvalue weighted by atomic mass is 9.94. The smallest absolute Gasteiger partial charge is 0.396 e. The number of benzene rings is 1. The fraction of sp³-hybridized carbons (Fsp3) is 0.300. The third-order valence-electron chi connectivity index (χ3n) is 2.21.